The van der Waals surface area contributed by atoms with Gasteiger partial charge in [0.25, 0.3) is 0 Å². The minimum absolute atomic E-state index is 0.350. The zero-order valence-electron chi connectivity index (χ0n) is 13.6. The highest BCUT2D eigenvalue weighted by molar-refractivity contribution is 5.26. The molecule has 1 heterocycles. The standard InChI is InChI=1S/C17H28N2O/c1-16(2)10-14(11-17(3,4)19-16)18-12-13-6-8-15(20-5)9-7-13/h6-9,14,18-19H,10-12H2,1-5H3/p+2. The summed E-state index contributed by atoms with van der Waals surface area (Å²) >= 11 is 0. The molecule has 0 aliphatic carbocycles. The lowest BCUT2D eigenvalue weighted by molar-refractivity contribution is -0.816. The smallest absolute Gasteiger partial charge is 0.118 e. The summed E-state index contributed by atoms with van der Waals surface area (Å²) in [5.74, 6) is 0.934. The maximum absolute atomic E-state index is 5.20. The van der Waals surface area contributed by atoms with Gasteiger partial charge in [-0.3, -0.25) is 0 Å². The molecule has 112 valence electrons. The summed E-state index contributed by atoms with van der Waals surface area (Å²) in [6.45, 7) is 10.5. The van der Waals surface area contributed by atoms with Gasteiger partial charge in [-0.15, -0.1) is 0 Å². The maximum Gasteiger partial charge on any atom is 0.118 e. The summed E-state index contributed by atoms with van der Waals surface area (Å²) in [6.07, 6.45) is 2.54. The van der Waals surface area contributed by atoms with Crippen LogP contribution >= 0.6 is 0 Å². The van der Waals surface area contributed by atoms with Crippen molar-refractivity contribution < 1.29 is 15.4 Å². The van der Waals surface area contributed by atoms with Gasteiger partial charge in [0.1, 0.15) is 12.3 Å². The minimum Gasteiger partial charge on any atom is -0.497 e. The van der Waals surface area contributed by atoms with Crippen LogP contribution in [0.25, 0.3) is 0 Å². The topological polar surface area (TPSA) is 42.5 Å². The normalized spacial score (nSPS) is 21.6. The van der Waals surface area contributed by atoms with Crippen LogP contribution in [0.4, 0.5) is 0 Å². The second-order valence-electron chi connectivity index (χ2n) is 7.58. The number of hydrogen-bond acceptors (Lipinski definition) is 1. The Labute approximate surface area is 123 Å². The van der Waals surface area contributed by atoms with Gasteiger partial charge in [0.15, 0.2) is 0 Å². The van der Waals surface area contributed by atoms with E-state index in [9.17, 15) is 0 Å². The van der Waals surface area contributed by atoms with Gasteiger partial charge in [-0.25, -0.2) is 0 Å². The van der Waals surface area contributed by atoms with Crippen molar-refractivity contribution in [1.82, 2.24) is 0 Å². The fourth-order valence-corrected chi connectivity index (χ4v) is 3.83. The molecule has 3 nitrogen and oxygen atoms in total. The number of rotatable bonds is 4. The molecule has 20 heavy (non-hydrogen) atoms. The van der Waals surface area contributed by atoms with E-state index in [-0.39, 0.29) is 0 Å². The van der Waals surface area contributed by atoms with E-state index in [1.165, 1.54) is 18.4 Å². The van der Waals surface area contributed by atoms with Crippen molar-refractivity contribution in [3.05, 3.63) is 29.8 Å². The average Bonchev–Trinajstić information content (AvgIpc) is 2.33. The minimum atomic E-state index is 0.350. The summed E-state index contributed by atoms with van der Waals surface area (Å²) in [7, 11) is 1.71. The largest absolute Gasteiger partial charge is 0.497 e. The Balaban J connectivity index is 1.92. The molecule has 1 saturated heterocycles. The van der Waals surface area contributed by atoms with Gasteiger partial charge in [0.05, 0.1) is 37.1 Å². The van der Waals surface area contributed by atoms with Crippen molar-refractivity contribution in [1.29, 1.82) is 0 Å². The third kappa shape index (κ3) is 4.22. The Kier molecular flexibility index (Phi) is 4.40. The van der Waals surface area contributed by atoms with E-state index in [0.717, 1.165) is 12.3 Å². The third-order valence-electron chi connectivity index (χ3n) is 4.20. The van der Waals surface area contributed by atoms with Crippen molar-refractivity contribution in [3.63, 3.8) is 0 Å². The van der Waals surface area contributed by atoms with Gasteiger partial charge in [-0.1, -0.05) is 0 Å². The van der Waals surface area contributed by atoms with Gasteiger partial charge >= 0.3 is 0 Å². The summed E-state index contributed by atoms with van der Waals surface area (Å²) in [6, 6.07) is 9.14. The van der Waals surface area contributed by atoms with Crippen LogP contribution < -0.4 is 15.4 Å². The molecule has 1 aromatic rings. The summed E-state index contributed by atoms with van der Waals surface area (Å²) in [4.78, 5) is 0. The van der Waals surface area contributed by atoms with Crippen LogP contribution in [0.15, 0.2) is 24.3 Å². The Morgan fingerprint density at radius 2 is 1.65 bits per heavy atom. The van der Waals surface area contributed by atoms with E-state index in [1.54, 1.807) is 7.11 Å². The lowest BCUT2D eigenvalue weighted by Gasteiger charge is -2.41. The number of quaternary nitrogens is 2. The van der Waals surface area contributed by atoms with Crippen molar-refractivity contribution in [3.8, 4) is 5.75 Å². The molecule has 0 saturated carbocycles. The predicted molar refractivity (Wildman–Crippen MR) is 81.7 cm³/mol. The monoisotopic (exact) mass is 278 g/mol. The number of benzene rings is 1. The Bertz CT molecular complexity index is 421. The van der Waals surface area contributed by atoms with E-state index in [2.05, 4.69) is 50.5 Å². The van der Waals surface area contributed by atoms with Crippen LogP contribution in [0.2, 0.25) is 0 Å². The predicted octanol–water partition coefficient (Wildman–Crippen LogP) is 1.04. The Morgan fingerprint density at radius 3 is 2.15 bits per heavy atom. The van der Waals surface area contributed by atoms with E-state index in [1.807, 2.05) is 12.1 Å². The molecule has 0 amide bonds. The first-order valence-electron chi connectivity index (χ1n) is 7.63. The van der Waals surface area contributed by atoms with Gasteiger partial charge in [0, 0.05) is 5.56 Å². The van der Waals surface area contributed by atoms with E-state index >= 15 is 0 Å². The van der Waals surface area contributed by atoms with Crippen LogP contribution in [0, 0.1) is 0 Å². The first-order chi connectivity index (χ1) is 9.30. The number of ether oxygens (including phenoxy) is 1. The van der Waals surface area contributed by atoms with Gasteiger partial charge < -0.3 is 15.4 Å². The van der Waals surface area contributed by atoms with E-state index in [4.69, 9.17) is 4.74 Å². The van der Waals surface area contributed by atoms with Crippen LogP contribution in [0.1, 0.15) is 46.1 Å². The first-order valence-corrected chi connectivity index (χ1v) is 7.63. The van der Waals surface area contributed by atoms with Crippen LogP contribution in [0.3, 0.4) is 0 Å². The average molecular weight is 278 g/mol. The fraction of sp³-hybridized carbons (Fsp3) is 0.647. The molecule has 0 spiro atoms. The quantitative estimate of drug-likeness (QED) is 0.849. The molecular weight excluding hydrogens is 248 g/mol. The number of piperidine rings is 1. The van der Waals surface area contributed by atoms with Crippen LogP contribution in [-0.4, -0.2) is 24.2 Å². The van der Waals surface area contributed by atoms with Gasteiger partial charge in [0.2, 0.25) is 0 Å². The number of methoxy groups -OCH3 is 1. The van der Waals surface area contributed by atoms with E-state index < -0.39 is 0 Å². The van der Waals surface area contributed by atoms with Crippen molar-refractivity contribution >= 4 is 0 Å². The van der Waals surface area contributed by atoms with Crippen molar-refractivity contribution in [2.45, 2.75) is 64.2 Å². The maximum atomic E-state index is 5.20. The lowest BCUT2D eigenvalue weighted by atomic mass is 9.79. The summed E-state index contributed by atoms with van der Waals surface area (Å²) < 4.78 is 5.20. The second-order valence-corrected chi connectivity index (χ2v) is 7.58. The molecule has 1 aliphatic heterocycles. The SMILES string of the molecule is COc1ccc(C[NH2+]C2CC(C)(C)[NH2+]C(C)(C)C2)cc1. The molecular formula is C17H30N2O+2. The Morgan fingerprint density at radius 1 is 1.10 bits per heavy atom. The number of hydrogen-bond donors (Lipinski definition) is 2. The number of nitrogens with two attached hydrogens (primary N) is 2. The van der Waals surface area contributed by atoms with Gasteiger partial charge in [-0.05, 0) is 52.0 Å². The molecule has 0 unspecified atom stereocenters. The van der Waals surface area contributed by atoms with Crippen LogP contribution in [0.5, 0.6) is 5.75 Å². The summed E-state index contributed by atoms with van der Waals surface area (Å²) in [5, 5.41) is 5.05. The van der Waals surface area contributed by atoms with E-state index in [0.29, 0.717) is 17.1 Å². The molecule has 1 aromatic carbocycles. The molecule has 1 aliphatic rings. The molecule has 2 rings (SSSR count). The molecule has 0 atom stereocenters. The van der Waals surface area contributed by atoms with Crippen LogP contribution in [-0.2, 0) is 6.54 Å². The highest BCUT2D eigenvalue weighted by Crippen LogP contribution is 2.19. The third-order valence-corrected chi connectivity index (χ3v) is 4.20. The molecule has 0 radical (unpaired) electrons. The highest BCUT2D eigenvalue weighted by atomic mass is 16.5. The van der Waals surface area contributed by atoms with Crippen molar-refractivity contribution in [2.75, 3.05) is 7.11 Å². The fourth-order valence-electron chi connectivity index (χ4n) is 3.83. The second kappa shape index (κ2) is 5.74. The Hall–Kier alpha value is -1.06. The summed E-state index contributed by atoms with van der Waals surface area (Å²) in [5.41, 5.74) is 2.07. The van der Waals surface area contributed by atoms with Gasteiger partial charge in [-0.2, -0.15) is 0 Å². The molecule has 3 heteroatoms. The molecule has 0 bridgehead atoms. The molecule has 0 aromatic heterocycles. The first kappa shape index (κ1) is 15.3. The molecule has 4 N–H and O–H groups in total. The van der Waals surface area contributed by atoms with Crippen molar-refractivity contribution in [2.24, 2.45) is 0 Å². The molecule has 1 fully saturated rings. The zero-order chi connectivity index (χ0) is 14.8. The zero-order valence-corrected chi connectivity index (χ0v) is 13.6. The highest BCUT2D eigenvalue weighted by Gasteiger charge is 2.43. The lowest BCUT2D eigenvalue weighted by Crippen LogP contribution is -3.09.